The van der Waals surface area contributed by atoms with E-state index in [2.05, 4.69) is 17.2 Å². The summed E-state index contributed by atoms with van der Waals surface area (Å²) >= 11 is 0. The lowest BCUT2D eigenvalue weighted by atomic mass is 10.1. The van der Waals surface area contributed by atoms with Gasteiger partial charge in [-0.05, 0) is 43.2 Å². The number of nitrogens with one attached hydrogen (secondary N) is 1. The molecule has 1 aromatic carbocycles. The van der Waals surface area contributed by atoms with Gasteiger partial charge in [-0.25, -0.2) is 0 Å². The molecule has 1 amide bonds. The Morgan fingerprint density at radius 2 is 2.20 bits per heavy atom. The molecule has 2 aromatic heterocycles. The molecule has 2 heterocycles. The van der Waals surface area contributed by atoms with E-state index in [1.807, 2.05) is 30.3 Å². The number of hydrogen-bond acceptors (Lipinski definition) is 4. The molecule has 25 heavy (non-hydrogen) atoms. The van der Waals surface area contributed by atoms with Crippen LogP contribution in [0.4, 0.5) is 0 Å². The Bertz CT molecular complexity index is 856. The lowest BCUT2D eigenvalue weighted by molar-refractivity contribution is 0.0951. The number of amides is 1. The van der Waals surface area contributed by atoms with Crippen molar-refractivity contribution in [3.63, 3.8) is 0 Å². The first-order chi connectivity index (χ1) is 12.2. The number of carbonyl (C=O) groups excluding carboxylic acids is 1. The van der Waals surface area contributed by atoms with Gasteiger partial charge in [0, 0.05) is 24.3 Å². The number of ether oxygens (including phenoxy) is 1. The van der Waals surface area contributed by atoms with E-state index in [1.54, 1.807) is 19.3 Å². The number of benzene rings is 1. The molecule has 0 aliphatic rings. The van der Waals surface area contributed by atoms with Gasteiger partial charge in [-0.3, -0.25) is 9.78 Å². The van der Waals surface area contributed by atoms with Crippen LogP contribution in [0.3, 0.4) is 0 Å². The van der Waals surface area contributed by atoms with Crippen LogP contribution in [-0.4, -0.2) is 17.5 Å². The molecule has 130 valence electrons. The third-order valence-corrected chi connectivity index (χ3v) is 4.01. The lowest BCUT2D eigenvalue weighted by Crippen LogP contribution is -2.23. The molecule has 0 unspecified atom stereocenters. The van der Waals surface area contributed by atoms with Gasteiger partial charge < -0.3 is 14.5 Å². The summed E-state index contributed by atoms with van der Waals surface area (Å²) in [5.41, 5.74) is 2.19. The maximum Gasteiger partial charge on any atom is 0.255 e. The largest absolute Gasteiger partial charge is 0.494 e. The van der Waals surface area contributed by atoms with Crippen LogP contribution >= 0.6 is 0 Å². The molecule has 3 aromatic rings. The molecular formula is C20H22N2O3. The topological polar surface area (TPSA) is 64.4 Å². The number of nitrogens with zero attached hydrogens (tertiary/aromatic N) is 1. The van der Waals surface area contributed by atoms with Crippen molar-refractivity contribution in [2.45, 2.75) is 33.2 Å². The molecule has 1 N–H and O–H groups in total. The Hall–Kier alpha value is -2.82. The van der Waals surface area contributed by atoms with E-state index in [1.165, 1.54) is 0 Å². The summed E-state index contributed by atoms with van der Waals surface area (Å²) in [6.07, 6.45) is 5.52. The fourth-order valence-corrected chi connectivity index (χ4v) is 2.68. The summed E-state index contributed by atoms with van der Waals surface area (Å²) in [7, 11) is 0. The Balaban J connectivity index is 1.80. The maximum absolute atomic E-state index is 12.7. The van der Waals surface area contributed by atoms with Crippen LogP contribution in [-0.2, 0) is 6.54 Å². The highest BCUT2D eigenvalue weighted by Gasteiger charge is 2.18. The number of aromatic nitrogens is 1. The molecule has 0 saturated heterocycles. The van der Waals surface area contributed by atoms with Gasteiger partial charge in [0.05, 0.1) is 12.2 Å². The van der Waals surface area contributed by atoms with Crippen molar-refractivity contribution in [1.29, 1.82) is 0 Å². The number of pyridine rings is 1. The van der Waals surface area contributed by atoms with Gasteiger partial charge in [0.25, 0.3) is 5.91 Å². The second-order valence-electron chi connectivity index (χ2n) is 5.94. The highest BCUT2D eigenvalue weighted by molar-refractivity contribution is 6.07. The third kappa shape index (κ3) is 3.99. The van der Waals surface area contributed by atoms with E-state index in [9.17, 15) is 4.79 Å². The van der Waals surface area contributed by atoms with Gasteiger partial charge in [0.2, 0.25) is 0 Å². The molecule has 0 atom stereocenters. The number of fused-ring (bicyclic) bond motifs is 1. The van der Waals surface area contributed by atoms with E-state index in [0.717, 1.165) is 29.5 Å². The number of rotatable bonds is 7. The molecule has 0 radical (unpaired) electrons. The van der Waals surface area contributed by atoms with Gasteiger partial charge in [0.15, 0.2) is 0 Å². The highest BCUT2D eigenvalue weighted by Crippen LogP contribution is 2.29. The number of furan rings is 1. The minimum atomic E-state index is -0.161. The fraction of sp³-hybridized carbons (Fsp3) is 0.300. The molecule has 0 saturated carbocycles. The number of carbonyl (C=O) groups is 1. The highest BCUT2D eigenvalue weighted by atomic mass is 16.5. The molecule has 5 heteroatoms. The number of aryl methyl sites for hydroxylation is 1. The second kappa shape index (κ2) is 7.83. The van der Waals surface area contributed by atoms with E-state index in [-0.39, 0.29) is 5.91 Å². The van der Waals surface area contributed by atoms with Crippen molar-refractivity contribution < 1.29 is 13.9 Å². The molecule has 5 nitrogen and oxygen atoms in total. The van der Waals surface area contributed by atoms with Crippen LogP contribution < -0.4 is 10.1 Å². The zero-order chi connectivity index (χ0) is 17.6. The smallest absolute Gasteiger partial charge is 0.255 e. The third-order valence-electron chi connectivity index (χ3n) is 4.01. The average molecular weight is 338 g/mol. The first-order valence-corrected chi connectivity index (χ1v) is 8.52. The molecule has 0 spiro atoms. The minimum absolute atomic E-state index is 0.161. The van der Waals surface area contributed by atoms with Crippen molar-refractivity contribution in [3.05, 3.63) is 59.6 Å². The molecule has 0 bridgehead atoms. The zero-order valence-corrected chi connectivity index (χ0v) is 14.5. The SMILES string of the molecule is CCCCOc1ccc2oc(C)c(C(=O)NCc3cccnc3)c2c1. The van der Waals surface area contributed by atoms with Crippen molar-refractivity contribution in [1.82, 2.24) is 10.3 Å². The van der Waals surface area contributed by atoms with E-state index >= 15 is 0 Å². The normalized spacial score (nSPS) is 10.8. The Morgan fingerprint density at radius 3 is 2.96 bits per heavy atom. The molecule has 0 fully saturated rings. The van der Waals surface area contributed by atoms with Gasteiger partial charge >= 0.3 is 0 Å². The quantitative estimate of drug-likeness (QED) is 0.654. The summed E-state index contributed by atoms with van der Waals surface area (Å²) in [5.74, 6) is 1.19. The monoisotopic (exact) mass is 338 g/mol. The summed E-state index contributed by atoms with van der Waals surface area (Å²) in [4.78, 5) is 16.7. The van der Waals surface area contributed by atoms with Crippen LogP contribution in [0.2, 0.25) is 0 Å². The molecule has 0 aliphatic carbocycles. The first-order valence-electron chi connectivity index (χ1n) is 8.52. The summed E-state index contributed by atoms with van der Waals surface area (Å²) in [6.45, 7) is 5.01. The standard InChI is InChI=1S/C20H22N2O3/c1-3-4-10-24-16-7-8-18-17(11-16)19(14(2)25-18)20(23)22-13-15-6-5-9-21-12-15/h5-9,11-12H,3-4,10,13H2,1-2H3,(H,22,23). The summed E-state index contributed by atoms with van der Waals surface area (Å²) in [6, 6.07) is 9.37. The van der Waals surface area contributed by atoms with E-state index in [0.29, 0.717) is 30.1 Å². The van der Waals surface area contributed by atoms with Crippen LogP contribution in [0.1, 0.15) is 41.4 Å². The zero-order valence-electron chi connectivity index (χ0n) is 14.5. The second-order valence-corrected chi connectivity index (χ2v) is 5.94. The van der Waals surface area contributed by atoms with E-state index in [4.69, 9.17) is 9.15 Å². The summed E-state index contributed by atoms with van der Waals surface area (Å²) < 4.78 is 11.5. The Labute approximate surface area is 147 Å². The van der Waals surface area contributed by atoms with Gasteiger partial charge in [-0.15, -0.1) is 0 Å². The molecule has 3 rings (SSSR count). The number of unbranched alkanes of at least 4 members (excludes halogenated alkanes) is 1. The Morgan fingerprint density at radius 1 is 1.32 bits per heavy atom. The van der Waals surface area contributed by atoms with Crippen molar-refractivity contribution in [3.8, 4) is 5.75 Å². The van der Waals surface area contributed by atoms with Crippen molar-refractivity contribution in [2.24, 2.45) is 0 Å². The lowest BCUT2D eigenvalue weighted by Gasteiger charge is -2.06. The number of hydrogen-bond donors (Lipinski definition) is 1. The van der Waals surface area contributed by atoms with Crippen molar-refractivity contribution >= 4 is 16.9 Å². The average Bonchev–Trinajstić information content (AvgIpc) is 2.96. The van der Waals surface area contributed by atoms with Crippen LogP contribution in [0.25, 0.3) is 11.0 Å². The van der Waals surface area contributed by atoms with E-state index < -0.39 is 0 Å². The molecule has 0 aliphatic heterocycles. The minimum Gasteiger partial charge on any atom is -0.494 e. The van der Waals surface area contributed by atoms with Gasteiger partial charge in [0.1, 0.15) is 17.1 Å². The predicted octanol–water partition coefficient (Wildman–Crippen LogP) is 4.25. The maximum atomic E-state index is 12.7. The van der Waals surface area contributed by atoms with Gasteiger partial charge in [-0.1, -0.05) is 19.4 Å². The van der Waals surface area contributed by atoms with Crippen LogP contribution in [0.5, 0.6) is 5.75 Å². The van der Waals surface area contributed by atoms with Gasteiger partial charge in [-0.2, -0.15) is 0 Å². The van der Waals surface area contributed by atoms with Crippen LogP contribution in [0.15, 0.2) is 47.1 Å². The molecular weight excluding hydrogens is 316 g/mol. The van der Waals surface area contributed by atoms with Crippen molar-refractivity contribution in [2.75, 3.05) is 6.61 Å². The van der Waals surface area contributed by atoms with Crippen LogP contribution in [0, 0.1) is 6.92 Å². The Kier molecular flexibility index (Phi) is 5.33. The summed E-state index contributed by atoms with van der Waals surface area (Å²) in [5, 5.41) is 3.70. The fourth-order valence-electron chi connectivity index (χ4n) is 2.68. The predicted molar refractivity (Wildman–Crippen MR) is 96.8 cm³/mol. The first kappa shape index (κ1) is 17.0.